The van der Waals surface area contributed by atoms with Crippen LogP contribution in [0.25, 0.3) is 0 Å². The summed E-state index contributed by atoms with van der Waals surface area (Å²) in [4.78, 5) is 11.3. The summed E-state index contributed by atoms with van der Waals surface area (Å²) in [6.07, 6.45) is 0. The molecule has 0 aromatic carbocycles. The highest BCUT2D eigenvalue weighted by Gasteiger charge is 2.17. The van der Waals surface area contributed by atoms with Crippen LogP contribution in [-0.4, -0.2) is 33.2 Å². The second kappa shape index (κ2) is 5.98. The van der Waals surface area contributed by atoms with Crippen molar-refractivity contribution in [3.63, 3.8) is 0 Å². The van der Waals surface area contributed by atoms with Crippen molar-refractivity contribution in [1.82, 2.24) is 10.0 Å². The van der Waals surface area contributed by atoms with Gasteiger partial charge in [0.2, 0.25) is 15.9 Å². The molecule has 0 fully saturated rings. The van der Waals surface area contributed by atoms with Crippen molar-refractivity contribution >= 4 is 15.9 Å². The molecule has 1 amide bonds. The third kappa shape index (κ3) is 5.18. The number of carbonyl (C=O) groups is 1. The average molecular weight is 222 g/mol. The maximum Gasteiger partial charge on any atom is 0.237 e. The second-order valence-electron chi connectivity index (χ2n) is 3.08. The topological polar surface area (TPSA) is 75.3 Å². The van der Waals surface area contributed by atoms with Crippen LogP contribution in [0.4, 0.5) is 0 Å². The number of hydrogen-bond donors (Lipinski definition) is 2. The summed E-state index contributed by atoms with van der Waals surface area (Å²) in [6, 6.07) is 0. The maximum absolute atomic E-state index is 11.3. The number of nitrogens with one attached hydrogen (secondary N) is 2. The van der Waals surface area contributed by atoms with Crippen LogP contribution in [0.1, 0.15) is 20.8 Å². The Hall–Kier alpha value is -0.620. The van der Waals surface area contributed by atoms with E-state index >= 15 is 0 Å². The van der Waals surface area contributed by atoms with Gasteiger partial charge in [-0.25, -0.2) is 8.42 Å². The van der Waals surface area contributed by atoms with E-state index in [0.29, 0.717) is 6.54 Å². The zero-order valence-corrected chi connectivity index (χ0v) is 9.65. The Labute approximate surface area is 85.3 Å². The molecular formula is C8H18N2O3S. The van der Waals surface area contributed by atoms with Gasteiger partial charge in [-0.15, -0.1) is 0 Å². The van der Waals surface area contributed by atoms with Gasteiger partial charge in [-0.1, -0.05) is 13.8 Å². The fourth-order valence-corrected chi connectivity index (χ4v) is 1.43. The Kier molecular flexibility index (Phi) is 5.71. The zero-order chi connectivity index (χ0) is 11.2. The van der Waals surface area contributed by atoms with Gasteiger partial charge in [0.1, 0.15) is 0 Å². The van der Waals surface area contributed by atoms with Crippen molar-refractivity contribution in [1.29, 1.82) is 0 Å². The predicted molar refractivity (Wildman–Crippen MR) is 55.3 cm³/mol. The second-order valence-corrected chi connectivity index (χ2v) is 5.09. The Balaban J connectivity index is 4.08. The molecule has 1 atom stereocenters. The van der Waals surface area contributed by atoms with Crippen LogP contribution in [0.15, 0.2) is 0 Å². The Morgan fingerprint density at radius 3 is 2.36 bits per heavy atom. The van der Waals surface area contributed by atoms with Crippen LogP contribution in [0.3, 0.4) is 0 Å². The lowest BCUT2D eigenvalue weighted by molar-refractivity contribution is -0.122. The van der Waals surface area contributed by atoms with Gasteiger partial charge >= 0.3 is 0 Å². The molecule has 0 bridgehead atoms. The molecule has 0 rings (SSSR count). The summed E-state index contributed by atoms with van der Waals surface area (Å²) in [6.45, 7) is 6.35. The Bertz CT molecular complexity index is 274. The van der Waals surface area contributed by atoms with Crippen LogP contribution < -0.4 is 10.0 Å². The van der Waals surface area contributed by atoms with E-state index < -0.39 is 15.9 Å². The first kappa shape index (κ1) is 13.4. The zero-order valence-electron chi connectivity index (χ0n) is 8.83. The smallest absolute Gasteiger partial charge is 0.237 e. The number of sulfonamides is 1. The number of hydrogen-bond acceptors (Lipinski definition) is 4. The van der Waals surface area contributed by atoms with Crippen LogP contribution in [-0.2, 0) is 14.8 Å². The highest BCUT2D eigenvalue weighted by Crippen LogP contribution is 1.94. The van der Waals surface area contributed by atoms with E-state index in [-0.39, 0.29) is 11.7 Å². The quantitative estimate of drug-likeness (QED) is 0.647. The lowest BCUT2D eigenvalue weighted by Gasteiger charge is -2.11. The summed E-state index contributed by atoms with van der Waals surface area (Å²) in [7, 11) is -3.42. The molecule has 2 N–H and O–H groups in total. The molecule has 0 spiro atoms. The molecule has 0 radical (unpaired) electrons. The van der Waals surface area contributed by atoms with Gasteiger partial charge in [-0.3, -0.25) is 9.52 Å². The van der Waals surface area contributed by atoms with Crippen LogP contribution in [0, 0.1) is 5.92 Å². The van der Waals surface area contributed by atoms with Crippen LogP contribution in [0.5, 0.6) is 0 Å². The molecule has 0 aliphatic heterocycles. The van der Waals surface area contributed by atoms with Crippen molar-refractivity contribution in [2.75, 3.05) is 18.8 Å². The molecule has 5 nitrogen and oxygen atoms in total. The highest BCUT2D eigenvalue weighted by atomic mass is 32.2. The molecule has 6 heteroatoms. The summed E-state index contributed by atoms with van der Waals surface area (Å²) in [5.41, 5.74) is 0. The van der Waals surface area contributed by atoms with E-state index in [1.165, 1.54) is 6.92 Å². The molecule has 0 aromatic rings. The fourth-order valence-electron chi connectivity index (χ4n) is 0.780. The number of amides is 1. The van der Waals surface area contributed by atoms with Gasteiger partial charge < -0.3 is 5.32 Å². The Morgan fingerprint density at radius 2 is 1.93 bits per heavy atom. The third-order valence-corrected chi connectivity index (χ3v) is 3.06. The molecular weight excluding hydrogens is 204 g/mol. The van der Waals surface area contributed by atoms with Gasteiger partial charge in [-0.2, -0.15) is 0 Å². The predicted octanol–water partition coefficient (Wildman–Crippen LogP) is -0.302. The fraction of sp³-hybridized carbons (Fsp3) is 0.875. The third-order valence-electron chi connectivity index (χ3n) is 1.78. The summed E-state index contributed by atoms with van der Waals surface area (Å²) in [5.74, 6) is -0.865. The number of carbonyl (C=O) groups excluding carboxylic acids is 1. The first-order valence-corrected chi connectivity index (χ1v) is 6.33. The van der Waals surface area contributed by atoms with Crippen molar-refractivity contribution < 1.29 is 13.2 Å². The highest BCUT2D eigenvalue weighted by molar-refractivity contribution is 7.90. The monoisotopic (exact) mass is 222 g/mol. The first-order chi connectivity index (χ1) is 6.43. The minimum atomic E-state index is -3.42. The van der Waals surface area contributed by atoms with Gasteiger partial charge in [-0.05, 0) is 13.5 Å². The minimum Gasteiger partial charge on any atom is -0.316 e. The SMILES string of the molecule is CCNCC(C)C(=O)NS(=O)(=O)CC. The molecule has 0 aromatic heterocycles. The van der Waals surface area contributed by atoms with E-state index in [9.17, 15) is 13.2 Å². The Morgan fingerprint density at radius 1 is 1.36 bits per heavy atom. The molecule has 0 aliphatic rings. The molecule has 0 saturated heterocycles. The lowest BCUT2D eigenvalue weighted by atomic mass is 10.2. The van der Waals surface area contributed by atoms with Gasteiger partial charge in [0, 0.05) is 12.5 Å². The van der Waals surface area contributed by atoms with Crippen LogP contribution >= 0.6 is 0 Å². The normalized spacial score (nSPS) is 13.6. The summed E-state index contributed by atoms with van der Waals surface area (Å²) >= 11 is 0. The van der Waals surface area contributed by atoms with Crippen molar-refractivity contribution in [2.24, 2.45) is 5.92 Å². The maximum atomic E-state index is 11.3. The van der Waals surface area contributed by atoms with E-state index in [4.69, 9.17) is 0 Å². The van der Waals surface area contributed by atoms with Crippen molar-refractivity contribution in [3.8, 4) is 0 Å². The van der Waals surface area contributed by atoms with Gasteiger partial charge in [0.25, 0.3) is 0 Å². The van der Waals surface area contributed by atoms with Crippen molar-refractivity contribution in [3.05, 3.63) is 0 Å². The lowest BCUT2D eigenvalue weighted by Crippen LogP contribution is -2.39. The van der Waals surface area contributed by atoms with Crippen molar-refractivity contribution in [2.45, 2.75) is 20.8 Å². The van der Waals surface area contributed by atoms with Gasteiger partial charge in [0.05, 0.1) is 5.75 Å². The molecule has 84 valence electrons. The molecule has 14 heavy (non-hydrogen) atoms. The van der Waals surface area contributed by atoms with E-state index in [2.05, 4.69) is 5.32 Å². The number of rotatable bonds is 6. The minimum absolute atomic E-state index is 0.0767. The molecule has 0 saturated carbocycles. The first-order valence-electron chi connectivity index (χ1n) is 4.68. The summed E-state index contributed by atoms with van der Waals surface area (Å²) in [5, 5.41) is 2.98. The van der Waals surface area contributed by atoms with Gasteiger partial charge in [0.15, 0.2) is 0 Å². The van der Waals surface area contributed by atoms with E-state index in [1.807, 2.05) is 11.6 Å². The molecule has 0 aliphatic carbocycles. The standard InChI is InChI=1S/C8H18N2O3S/c1-4-9-6-7(3)8(11)10-14(12,13)5-2/h7,9H,4-6H2,1-3H3,(H,10,11). The van der Waals surface area contributed by atoms with Crippen LogP contribution in [0.2, 0.25) is 0 Å². The molecule has 1 unspecified atom stereocenters. The van der Waals surface area contributed by atoms with E-state index in [1.54, 1.807) is 6.92 Å². The largest absolute Gasteiger partial charge is 0.316 e. The van der Waals surface area contributed by atoms with E-state index in [0.717, 1.165) is 6.54 Å². The molecule has 0 heterocycles. The average Bonchev–Trinajstić information content (AvgIpc) is 2.13. The summed E-state index contributed by atoms with van der Waals surface area (Å²) < 4.78 is 24.1.